The van der Waals surface area contributed by atoms with Crippen LogP contribution in [0, 0.1) is 13.8 Å². The number of ether oxygens (including phenoxy) is 2. The lowest BCUT2D eigenvalue weighted by Crippen LogP contribution is -2.49. The zero-order valence-corrected chi connectivity index (χ0v) is 17.2. The summed E-state index contributed by atoms with van der Waals surface area (Å²) in [6, 6.07) is 13.9. The van der Waals surface area contributed by atoms with Crippen molar-refractivity contribution in [2.75, 3.05) is 10.6 Å². The Balaban J connectivity index is 2.30. The van der Waals surface area contributed by atoms with Gasteiger partial charge in [0.05, 0.1) is 0 Å². The minimum atomic E-state index is -1.68. The normalized spacial score (nSPS) is 12.3. The molecular weight excluding hydrogens is 388 g/mol. The third-order valence-corrected chi connectivity index (χ3v) is 3.95. The van der Waals surface area contributed by atoms with Crippen LogP contribution in [0.1, 0.15) is 25.0 Å². The smallest absolute Gasteiger partial charge is 0.303 e. The van der Waals surface area contributed by atoms with E-state index in [1.807, 2.05) is 26.0 Å². The van der Waals surface area contributed by atoms with E-state index in [2.05, 4.69) is 10.6 Å². The molecule has 0 saturated carbocycles. The van der Waals surface area contributed by atoms with Crippen LogP contribution < -0.4 is 10.6 Å². The second-order valence-corrected chi connectivity index (χ2v) is 6.78. The van der Waals surface area contributed by atoms with Gasteiger partial charge in [-0.15, -0.1) is 0 Å². The van der Waals surface area contributed by atoms with Crippen LogP contribution in [0.25, 0.3) is 0 Å². The number of carbonyl (C=O) groups excluding carboxylic acids is 4. The van der Waals surface area contributed by atoms with Crippen molar-refractivity contribution in [3.63, 3.8) is 0 Å². The minimum Gasteiger partial charge on any atom is -0.448 e. The van der Waals surface area contributed by atoms with Crippen molar-refractivity contribution in [1.82, 2.24) is 0 Å². The molecule has 2 aromatic carbocycles. The molecule has 0 aliphatic carbocycles. The first-order valence-corrected chi connectivity index (χ1v) is 9.25. The highest BCUT2D eigenvalue weighted by molar-refractivity contribution is 6.03. The maximum Gasteiger partial charge on any atom is 0.303 e. The quantitative estimate of drug-likeness (QED) is 0.677. The van der Waals surface area contributed by atoms with Gasteiger partial charge in [-0.3, -0.25) is 19.2 Å². The molecule has 0 bridgehead atoms. The van der Waals surface area contributed by atoms with Crippen LogP contribution in [0.15, 0.2) is 48.5 Å². The number of hydrogen-bond acceptors (Lipinski definition) is 6. The minimum absolute atomic E-state index is 0.442. The first kappa shape index (κ1) is 22.6. The van der Waals surface area contributed by atoms with E-state index in [-0.39, 0.29) is 0 Å². The Morgan fingerprint density at radius 2 is 1.07 bits per heavy atom. The molecule has 158 valence electrons. The van der Waals surface area contributed by atoms with Crippen LogP contribution in [0.3, 0.4) is 0 Å². The van der Waals surface area contributed by atoms with E-state index in [0.29, 0.717) is 11.4 Å². The first-order valence-electron chi connectivity index (χ1n) is 9.25. The van der Waals surface area contributed by atoms with Crippen molar-refractivity contribution in [2.24, 2.45) is 0 Å². The maximum atomic E-state index is 12.8. The Morgan fingerprint density at radius 1 is 0.700 bits per heavy atom. The fourth-order valence-electron chi connectivity index (χ4n) is 2.74. The number of hydrogen-bond donors (Lipinski definition) is 2. The summed E-state index contributed by atoms with van der Waals surface area (Å²) in [5.74, 6) is -3.22. The molecule has 0 saturated heterocycles. The molecule has 0 aliphatic rings. The number of amides is 2. The van der Waals surface area contributed by atoms with Crippen LogP contribution in [-0.4, -0.2) is 36.0 Å². The van der Waals surface area contributed by atoms with Gasteiger partial charge in [0.1, 0.15) is 0 Å². The summed E-state index contributed by atoms with van der Waals surface area (Å²) in [5.41, 5.74) is 2.67. The summed E-state index contributed by atoms with van der Waals surface area (Å²) in [4.78, 5) is 48.9. The highest BCUT2D eigenvalue weighted by atomic mass is 16.6. The second kappa shape index (κ2) is 10.2. The van der Waals surface area contributed by atoms with Crippen LogP contribution in [-0.2, 0) is 28.7 Å². The van der Waals surface area contributed by atoms with Gasteiger partial charge in [0.15, 0.2) is 0 Å². The van der Waals surface area contributed by atoms with Crippen molar-refractivity contribution in [3.8, 4) is 0 Å². The van der Waals surface area contributed by atoms with Gasteiger partial charge in [0.2, 0.25) is 12.2 Å². The standard InChI is InChI=1S/C22H24N2O6/c1-13-7-5-9-17(11-13)23-21(27)19(29-15(3)25)20(30-16(4)26)22(28)24-18-10-6-8-14(2)12-18/h5-12,19-20H,1-4H3,(H,23,27)(H,24,28)/t19-,20-/m0/s1. The Morgan fingerprint density at radius 3 is 1.37 bits per heavy atom. The largest absolute Gasteiger partial charge is 0.448 e. The summed E-state index contributed by atoms with van der Waals surface area (Å²) in [7, 11) is 0. The molecule has 2 N–H and O–H groups in total. The molecule has 0 aliphatic heterocycles. The van der Waals surface area contributed by atoms with Gasteiger partial charge >= 0.3 is 11.9 Å². The number of rotatable bonds is 7. The van der Waals surface area contributed by atoms with Gasteiger partial charge in [0.25, 0.3) is 11.8 Å². The third-order valence-electron chi connectivity index (χ3n) is 3.95. The molecule has 2 atom stereocenters. The van der Waals surface area contributed by atoms with Gasteiger partial charge < -0.3 is 20.1 Å². The van der Waals surface area contributed by atoms with E-state index in [0.717, 1.165) is 25.0 Å². The average Bonchev–Trinajstić information content (AvgIpc) is 2.64. The Bertz CT molecular complexity index is 879. The molecule has 8 heteroatoms. The van der Waals surface area contributed by atoms with Crippen molar-refractivity contribution in [1.29, 1.82) is 0 Å². The van der Waals surface area contributed by atoms with Gasteiger partial charge in [0, 0.05) is 25.2 Å². The highest BCUT2D eigenvalue weighted by Gasteiger charge is 2.39. The summed E-state index contributed by atoms with van der Waals surface area (Å²) < 4.78 is 10.1. The molecule has 8 nitrogen and oxygen atoms in total. The molecular formula is C22H24N2O6. The van der Waals surface area contributed by atoms with Crippen LogP contribution in [0.4, 0.5) is 11.4 Å². The average molecular weight is 412 g/mol. The Hall–Kier alpha value is -3.68. The number of benzene rings is 2. The molecule has 2 aromatic rings. The van der Waals surface area contributed by atoms with Crippen molar-refractivity contribution < 1.29 is 28.7 Å². The second-order valence-electron chi connectivity index (χ2n) is 6.78. The van der Waals surface area contributed by atoms with E-state index < -0.39 is 36.0 Å². The predicted molar refractivity (Wildman–Crippen MR) is 111 cm³/mol. The maximum absolute atomic E-state index is 12.8. The van der Waals surface area contributed by atoms with Crippen LogP contribution in [0.5, 0.6) is 0 Å². The van der Waals surface area contributed by atoms with Crippen LogP contribution in [0.2, 0.25) is 0 Å². The number of anilines is 2. The fraction of sp³-hybridized carbons (Fsp3) is 0.273. The molecule has 0 aromatic heterocycles. The van der Waals surface area contributed by atoms with E-state index in [4.69, 9.17) is 9.47 Å². The number of esters is 2. The molecule has 0 unspecified atom stereocenters. The first-order chi connectivity index (χ1) is 14.2. The molecule has 0 radical (unpaired) electrons. The third kappa shape index (κ3) is 6.73. The summed E-state index contributed by atoms with van der Waals surface area (Å²) in [6.07, 6.45) is -3.37. The van der Waals surface area contributed by atoms with E-state index in [1.165, 1.54) is 0 Å². The summed E-state index contributed by atoms with van der Waals surface area (Å²) in [5, 5.41) is 5.16. The zero-order valence-electron chi connectivity index (χ0n) is 17.2. The molecule has 2 rings (SSSR count). The number of aryl methyl sites for hydroxylation is 2. The monoisotopic (exact) mass is 412 g/mol. The van der Waals surface area contributed by atoms with Crippen LogP contribution >= 0.6 is 0 Å². The van der Waals surface area contributed by atoms with Gasteiger partial charge in [-0.1, -0.05) is 24.3 Å². The van der Waals surface area contributed by atoms with Crippen molar-refractivity contribution in [3.05, 3.63) is 59.7 Å². The fourth-order valence-corrected chi connectivity index (χ4v) is 2.74. The lowest BCUT2D eigenvalue weighted by Gasteiger charge is -2.25. The predicted octanol–water partition coefficient (Wildman–Crippen LogP) is 2.74. The summed E-state index contributed by atoms with van der Waals surface area (Å²) >= 11 is 0. The van der Waals surface area contributed by atoms with E-state index >= 15 is 0 Å². The Kier molecular flexibility index (Phi) is 7.69. The van der Waals surface area contributed by atoms with Gasteiger partial charge in [-0.05, 0) is 49.2 Å². The Labute approximate surface area is 174 Å². The number of carbonyl (C=O) groups is 4. The van der Waals surface area contributed by atoms with Crippen molar-refractivity contribution >= 4 is 35.1 Å². The molecule has 0 heterocycles. The van der Waals surface area contributed by atoms with Gasteiger partial charge in [-0.25, -0.2) is 0 Å². The SMILES string of the molecule is CC(=O)O[C@H](C(=O)Nc1cccc(C)c1)[C@H](OC(C)=O)C(=O)Nc1cccc(C)c1. The molecule has 2 amide bonds. The van der Waals surface area contributed by atoms with E-state index in [9.17, 15) is 19.2 Å². The van der Waals surface area contributed by atoms with E-state index in [1.54, 1.807) is 36.4 Å². The van der Waals surface area contributed by atoms with Gasteiger partial charge in [-0.2, -0.15) is 0 Å². The molecule has 0 spiro atoms. The lowest BCUT2D eigenvalue weighted by molar-refractivity contribution is -0.171. The lowest BCUT2D eigenvalue weighted by atomic mass is 10.1. The topological polar surface area (TPSA) is 111 Å². The molecule has 0 fully saturated rings. The summed E-state index contributed by atoms with van der Waals surface area (Å²) in [6.45, 7) is 5.87. The number of nitrogens with one attached hydrogen (secondary N) is 2. The van der Waals surface area contributed by atoms with Crippen molar-refractivity contribution in [2.45, 2.75) is 39.9 Å². The zero-order chi connectivity index (χ0) is 22.3. The molecule has 30 heavy (non-hydrogen) atoms. The highest BCUT2D eigenvalue weighted by Crippen LogP contribution is 2.16.